The van der Waals surface area contributed by atoms with Gasteiger partial charge in [0.2, 0.25) is 0 Å². The van der Waals surface area contributed by atoms with Crippen molar-refractivity contribution in [3.8, 4) is 5.75 Å². The molecule has 3 aromatic rings. The largest absolute Gasteiger partial charge is 0.489 e. The van der Waals surface area contributed by atoms with E-state index >= 15 is 0 Å². The minimum Gasteiger partial charge on any atom is -0.489 e. The molecule has 1 amide bonds. The molecule has 1 atom stereocenters. The van der Waals surface area contributed by atoms with Crippen molar-refractivity contribution in [1.82, 2.24) is 0 Å². The van der Waals surface area contributed by atoms with Crippen molar-refractivity contribution < 1.29 is 14.3 Å². The van der Waals surface area contributed by atoms with Crippen LogP contribution in [0.25, 0.3) is 0 Å². The number of methoxy groups -OCH3 is 1. The Bertz CT molecular complexity index is 1580. The lowest BCUT2D eigenvalue weighted by Crippen LogP contribution is -2.35. The molecule has 0 bridgehead atoms. The topological polar surface area (TPSA) is 74.7 Å². The van der Waals surface area contributed by atoms with E-state index in [9.17, 15) is 9.70 Å². The van der Waals surface area contributed by atoms with Crippen LogP contribution in [0.4, 0.5) is 17.1 Å². The molecule has 0 radical (unpaired) electrons. The van der Waals surface area contributed by atoms with Gasteiger partial charge < -0.3 is 24.2 Å². The maximum atomic E-state index is 12.4. The second kappa shape index (κ2) is 20.5. The fourth-order valence-electron chi connectivity index (χ4n) is 8.06. The number of carbonyl (C=O) groups excluding carboxylic acids is 1. The highest BCUT2D eigenvalue weighted by Crippen LogP contribution is 2.42. The second-order valence-electron chi connectivity index (χ2n) is 15.7. The van der Waals surface area contributed by atoms with Crippen LogP contribution in [0.15, 0.2) is 65.8 Å². The van der Waals surface area contributed by atoms with Crippen molar-refractivity contribution in [2.75, 3.05) is 62.1 Å². The first-order valence-corrected chi connectivity index (χ1v) is 20.1. The van der Waals surface area contributed by atoms with E-state index in [4.69, 9.17) is 9.47 Å². The predicted molar refractivity (Wildman–Crippen MR) is 222 cm³/mol. The number of carbonyl (C=O) groups is 1. The van der Waals surface area contributed by atoms with Gasteiger partial charge in [-0.05, 0) is 96.5 Å². The summed E-state index contributed by atoms with van der Waals surface area (Å²) >= 11 is 0. The molecule has 1 unspecified atom stereocenters. The fraction of sp³-hybridized carbons (Fsp3) is 0.578. The third-order valence-corrected chi connectivity index (χ3v) is 11.5. The number of anilines is 3. The molecular formula is C45H66N4O4. The molecule has 8 nitrogen and oxygen atoms in total. The van der Waals surface area contributed by atoms with E-state index in [1.165, 1.54) is 48.2 Å². The highest BCUT2D eigenvalue weighted by atomic mass is 16.5. The Balaban J connectivity index is 1.52. The van der Waals surface area contributed by atoms with E-state index in [0.29, 0.717) is 30.6 Å². The lowest BCUT2D eigenvalue weighted by atomic mass is 9.69. The number of nitrogens with zero attached hydrogens (tertiary/aromatic N) is 4. The summed E-state index contributed by atoms with van der Waals surface area (Å²) in [6, 6.07) is 20.8. The van der Waals surface area contributed by atoms with Crippen LogP contribution in [-0.2, 0) is 23.3 Å². The van der Waals surface area contributed by atoms with Gasteiger partial charge >= 0.3 is 5.91 Å². The molecular weight excluding hydrogens is 661 g/mol. The van der Waals surface area contributed by atoms with Crippen LogP contribution in [0.2, 0.25) is 0 Å². The summed E-state index contributed by atoms with van der Waals surface area (Å²) in [4.78, 5) is 30.7. The number of rotatable bonds is 21. The van der Waals surface area contributed by atoms with E-state index in [0.717, 1.165) is 75.3 Å². The van der Waals surface area contributed by atoms with Gasteiger partial charge in [0, 0.05) is 87.4 Å². The maximum absolute atomic E-state index is 12.4. The fourth-order valence-corrected chi connectivity index (χ4v) is 8.06. The van der Waals surface area contributed by atoms with Crippen LogP contribution < -0.4 is 19.4 Å². The Morgan fingerprint density at radius 3 is 2.28 bits per heavy atom. The summed E-state index contributed by atoms with van der Waals surface area (Å²) < 4.78 is 11.9. The second-order valence-corrected chi connectivity index (χ2v) is 15.7. The van der Waals surface area contributed by atoms with Gasteiger partial charge in [-0.2, -0.15) is 0 Å². The monoisotopic (exact) mass is 727 g/mol. The Kier molecular flexibility index (Phi) is 16.2. The number of benzene rings is 3. The third kappa shape index (κ3) is 11.3. The number of nitroso groups, excluding NO2 is 1. The number of unbranched alkanes of at least 4 members (excludes halogenated alkanes) is 3. The maximum Gasteiger partial charge on any atom is 0.316 e. The number of hydrogen-bond donors (Lipinski definition) is 0. The van der Waals surface area contributed by atoms with Gasteiger partial charge in [-0.3, -0.25) is 4.79 Å². The Morgan fingerprint density at radius 1 is 0.925 bits per heavy atom. The Morgan fingerprint density at radius 2 is 1.64 bits per heavy atom. The molecule has 0 aliphatic carbocycles. The molecule has 1 heterocycles. The van der Waals surface area contributed by atoms with Crippen molar-refractivity contribution in [3.05, 3.63) is 87.8 Å². The average molecular weight is 727 g/mol. The highest BCUT2D eigenvalue weighted by molar-refractivity contribution is 5.96. The van der Waals surface area contributed by atoms with Crippen LogP contribution in [0, 0.1) is 16.7 Å². The molecule has 290 valence electrons. The van der Waals surface area contributed by atoms with E-state index in [-0.39, 0.29) is 5.41 Å². The summed E-state index contributed by atoms with van der Waals surface area (Å²) in [5, 5.41) is 2.72. The number of hydrogen-bond acceptors (Lipinski definition) is 7. The SMILES string of the molecule is CCCCCC(CC)C(C)(C)c1ccc(C(=O)N=O)cc1N(C)Cc1ccc(OCc2cc(N(C)CCCC)ccc2N2CCC(COC)CC2)cc1. The molecule has 0 spiro atoms. The van der Waals surface area contributed by atoms with Gasteiger partial charge in [0.15, 0.2) is 0 Å². The standard InChI is InChI=1S/C45H66N4O4/c1-9-12-14-15-38(11-3)45(4,5)41-22-18-36(44(50)46-51)30-43(41)48(7)31-34-16-20-40(21-17-34)53-33-37-29-39(47(6)26-13-10-2)19-23-42(37)49-27-24-35(25-28-49)32-52-8/h16-23,29-30,35,38H,9-15,24-28,31-33H2,1-8H3. The quantitative estimate of drug-likeness (QED) is 0.0799. The van der Waals surface area contributed by atoms with Crippen molar-refractivity contribution >= 4 is 23.0 Å². The zero-order valence-electron chi connectivity index (χ0n) is 34.0. The van der Waals surface area contributed by atoms with E-state index in [2.05, 4.69) is 111 Å². The van der Waals surface area contributed by atoms with E-state index < -0.39 is 5.91 Å². The molecule has 53 heavy (non-hydrogen) atoms. The first-order chi connectivity index (χ1) is 25.6. The first-order valence-electron chi connectivity index (χ1n) is 20.1. The minimum atomic E-state index is -0.739. The van der Waals surface area contributed by atoms with Crippen molar-refractivity contribution in [2.45, 2.75) is 111 Å². The Hall–Kier alpha value is -3.91. The lowest BCUT2D eigenvalue weighted by molar-refractivity contribution is 0.100. The van der Waals surface area contributed by atoms with Gasteiger partial charge in [-0.15, -0.1) is 4.91 Å². The molecule has 1 aliphatic heterocycles. The summed E-state index contributed by atoms with van der Waals surface area (Å²) in [5.74, 6) is 1.20. The van der Waals surface area contributed by atoms with Gasteiger partial charge in [-0.25, -0.2) is 0 Å². The van der Waals surface area contributed by atoms with Crippen LogP contribution in [0.5, 0.6) is 5.75 Å². The van der Waals surface area contributed by atoms with Gasteiger partial charge in [0.05, 0.1) is 0 Å². The summed E-state index contributed by atoms with van der Waals surface area (Å²) in [6.07, 6.45) is 10.5. The van der Waals surface area contributed by atoms with Gasteiger partial charge in [0.1, 0.15) is 12.4 Å². The number of piperidine rings is 1. The average Bonchev–Trinajstić information content (AvgIpc) is 3.18. The zero-order valence-corrected chi connectivity index (χ0v) is 34.0. The smallest absolute Gasteiger partial charge is 0.316 e. The summed E-state index contributed by atoms with van der Waals surface area (Å²) in [5.41, 5.74) is 7.15. The molecule has 1 aliphatic rings. The molecule has 1 saturated heterocycles. The van der Waals surface area contributed by atoms with Crippen molar-refractivity contribution in [2.24, 2.45) is 17.0 Å². The number of ether oxygens (including phenoxy) is 2. The zero-order chi connectivity index (χ0) is 38.4. The van der Waals surface area contributed by atoms with Crippen LogP contribution >= 0.6 is 0 Å². The third-order valence-electron chi connectivity index (χ3n) is 11.5. The Labute approximate surface area is 320 Å². The molecule has 3 aromatic carbocycles. The normalized spacial score (nSPS) is 14.2. The molecule has 1 fully saturated rings. The van der Waals surface area contributed by atoms with Crippen molar-refractivity contribution in [3.63, 3.8) is 0 Å². The molecule has 8 heteroatoms. The van der Waals surface area contributed by atoms with Gasteiger partial charge in [-0.1, -0.05) is 84.9 Å². The van der Waals surface area contributed by atoms with E-state index in [1.54, 1.807) is 13.2 Å². The van der Waals surface area contributed by atoms with Crippen LogP contribution in [0.1, 0.15) is 119 Å². The first kappa shape index (κ1) is 41.8. The summed E-state index contributed by atoms with van der Waals surface area (Å²) in [7, 11) is 6.03. The van der Waals surface area contributed by atoms with E-state index in [1.807, 2.05) is 12.1 Å². The summed E-state index contributed by atoms with van der Waals surface area (Å²) in [6.45, 7) is 16.4. The predicted octanol–water partition coefficient (Wildman–Crippen LogP) is 10.8. The number of amides is 1. The lowest BCUT2D eigenvalue weighted by Gasteiger charge is -2.38. The van der Waals surface area contributed by atoms with Crippen LogP contribution in [0.3, 0.4) is 0 Å². The molecule has 0 N–H and O–H groups in total. The minimum absolute atomic E-state index is 0.124. The van der Waals surface area contributed by atoms with Crippen molar-refractivity contribution in [1.29, 1.82) is 0 Å². The molecule has 0 saturated carbocycles. The van der Waals surface area contributed by atoms with Gasteiger partial charge in [0.25, 0.3) is 0 Å². The highest BCUT2D eigenvalue weighted by Gasteiger charge is 2.33. The molecule has 0 aromatic heterocycles. The molecule has 4 rings (SSSR count). The van der Waals surface area contributed by atoms with Crippen LogP contribution in [-0.4, -0.2) is 53.4 Å².